The second-order valence-electron chi connectivity index (χ2n) is 4.12. The lowest BCUT2D eigenvalue weighted by molar-refractivity contribution is 0.0135. The van der Waals surface area contributed by atoms with Crippen molar-refractivity contribution in [3.05, 3.63) is 11.6 Å². The summed E-state index contributed by atoms with van der Waals surface area (Å²) in [6.45, 7) is 4.47. The van der Waals surface area contributed by atoms with Crippen molar-refractivity contribution in [1.29, 1.82) is 0 Å². The summed E-state index contributed by atoms with van der Waals surface area (Å²) in [4.78, 5) is 15.7. The Bertz CT molecular complexity index is 377. The van der Waals surface area contributed by atoms with E-state index < -0.39 is 0 Å². The van der Waals surface area contributed by atoms with Crippen LogP contribution in [-0.4, -0.2) is 39.8 Å². The van der Waals surface area contributed by atoms with Crippen LogP contribution in [0.2, 0.25) is 0 Å². The fraction of sp³-hybridized carbons (Fsp3) is 0.700. The van der Waals surface area contributed by atoms with Gasteiger partial charge in [-0.25, -0.2) is 4.98 Å². The molecule has 1 amide bonds. The largest absolute Gasteiger partial charge is 0.378 e. The number of H-pyrrole nitrogens is 1. The Kier molecular flexibility index (Phi) is 3.19. The summed E-state index contributed by atoms with van der Waals surface area (Å²) in [6, 6.07) is 0.162. The zero-order valence-electron chi connectivity index (χ0n) is 9.49. The number of hydrogen-bond acceptors (Lipinski definition) is 4. The topological polar surface area (TPSA) is 79.9 Å². The van der Waals surface area contributed by atoms with Crippen LogP contribution in [0.4, 0.5) is 0 Å². The van der Waals surface area contributed by atoms with E-state index in [1.54, 1.807) is 6.92 Å². The van der Waals surface area contributed by atoms with Gasteiger partial charge in [0.25, 0.3) is 5.91 Å². The van der Waals surface area contributed by atoms with Crippen LogP contribution < -0.4 is 5.32 Å². The van der Waals surface area contributed by atoms with Gasteiger partial charge in [0, 0.05) is 12.6 Å². The molecule has 2 unspecified atom stereocenters. The third kappa shape index (κ3) is 2.57. The molecule has 0 bridgehead atoms. The van der Waals surface area contributed by atoms with Crippen LogP contribution in [-0.2, 0) is 4.74 Å². The summed E-state index contributed by atoms with van der Waals surface area (Å²) in [5.41, 5.74) is 0. The van der Waals surface area contributed by atoms with Crippen molar-refractivity contribution in [3.8, 4) is 0 Å². The van der Waals surface area contributed by atoms with E-state index in [-0.39, 0.29) is 23.9 Å². The first-order valence-corrected chi connectivity index (χ1v) is 5.46. The zero-order valence-corrected chi connectivity index (χ0v) is 9.49. The molecule has 2 rings (SSSR count). The number of aryl methyl sites for hydroxylation is 1. The maximum Gasteiger partial charge on any atom is 0.291 e. The average molecular weight is 224 g/mol. The highest BCUT2D eigenvalue weighted by Crippen LogP contribution is 2.13. The zero-order chi connectivity index (χ0) is 11.5. The van der Waals surface area contributed by atoms with Crippen molar-refractivity contribution >= 4 is 5.91 Å². The third-order valence-electron chi connectivity index (χ3n) is 2.62. The van der Waals surface area contributed by atoms with Crippen LogP contribution in [0.5, 0.6) is 0 Å². The van der Waals surface area contributed by atoms with E-state index in [0.29, 0.717) is 12.4 Å². The maximum atomic E-state index is 11.7. The van der Waals surface area contributed by atoms with E-state index in [1.165, 1.54) is 0 Å². The molecule has 1 aliphatic rings. The minimum Gasteiger partial charge on any atom is -0.378 e. The van der Waals surface area contributed by atoms with Gasteiger partial charge in [0.15, 0.2) is 0 Å². The number of nitrogens with one attached hydrogen (secondary N) is 2. The summed E-state index contributed by atoms with van der Waals surface area (Å²) >= 11 is 0. The molecule has 0 aliphatic carbocycles. The van der Waals surface area contributed by atoms with Crippen LogP contribution >= 0.6 is 0 Å². The van der Waals surface area contributed by atoms with Crippen molar-refractivity contribution in [1.82, 2.24) is 20.5 Å². The Balaban J connectivity index is 1.92. The van der Waals surface area contributed by atoms with Crippen LogP contribution in [0.3, 0.4) is 0 Å². The van der Waals surface area contributed by atoms with Crippen LogP contribution in [0.15, 0.2) is 0 Å². The fourth-order valence-corrected chi connectivity index (χ4v) is 1.82. The van der Waals surface area contributed by atoms with Gasteiger partial charge in [0.1, 0.15) is 5.82 Å². The molecule has 1 aliphatic heterocycles. The Hall–Kier alpha value is -1.43. The first kappa shape index (κ1) is 11.1. The van der Waals surface area contributed by atoms with Gasteiger partial charge in [0.2, 0.25) is 5.82 Å². The molecule has 1 saturated heterocycles. The quantitative estimate of drug-likeness (QED) is 0.762. The Morgan fingerprint density at radius 1 is 1.62 bits per heavy atom. The SMILES string of the molecule is Cc1nc(C(=O)NC2CCOC(C)C2)n[nH]1. The van der Waals surface area contributed by atoms with Crippen molar-refractivity contribution in [2.75, 3.05) is 6.61 Å². The van der Waals surface area contributed by atoms with E-state index in [2.05, 4.69) is 20.5 Å². The molecule has 2 N–H and O–H groups in total. The van der Waals surface area contributed by atoms with Crippen molar-refractivity contribution in [2.45, 2.75) is 38.8 Å². The summed E-state index contributed by atoms with van der Waals surface area (Å²) in [5.74, 6) is 0.630. The Labute approximate surface area is 93.8 Å². The second kappa shape index (κ2) is 4.61. The van der Waals surface area contributed by atoms with Crippen molar-refractivity contribution < 1.29 is 9.53 Å². The molecule has 2 atom stereocenters. The lowest BCUT2D eigenvalue weighted by Crippen LogP contribution is -2.41. The predicted molar refractivity (Wildman–Crippen MR) is 57.0 cm³/mol. The summed E-state index contributed by atoms with van der Waals surface area (Å²) < 4.78 is 5.41. The third-order valence-corrected chi connectivity index (χ3v) is 2.62. The van der Waals surface area contributed by atoms with Gasteiger partial charge in [-0.15, -0.1) is 5.10 Å². The van der Waals surface area contributed by atoms with E-state index in [0.717, 1.165) is 12.8 Å². The number of aromatic amines is 1. The highest BCUT2D eigenvalue weighted by Gasteiger charge is 2.22. The summed E-state index contributed by atoms with van der Waals surface area (Å²) in [7, 11) is 0. The van der Waals surface area contributed by atoms with Gasteiger partial charge in [-0.2, -0.15) is 0 Å². The van der Waals surface area contributed by atoms with Gasteiger partial charge in [-0.3, -0.25) is 9.89 Å². The summed E-state index contributed by atoms with van der Waals surface area (Å²) in [5, 5.41) is 9.38. The summed E-state index contributed by atoms with van der Waals surface area (Å²) in [6.07, 6.45) is 1.89. The minimum absolute atomic E-state index is 0.162. The fourth-order valence-electron chi connectivity index (χ4n) is 1.82. The number of amides is 1. The number of aromatic nitrogens is 3. The van der Waals surface area contributed by atoms with E-state index in [4.69, 9.17) is 4.74 Å². The minimum atomic E-state index is -0.219. The van der Waals surface area contributed by atoms with E-state index >= 15 is 0 Å². The van der Waals surface area contributed by atoms with Gasteiger partial charge in [-0.1, -0.05) is 0 Å². The molecular weight excluding hydrogens is 208 g/mol. The van der Waals surface area contributed by atoms with Crippen molar-refractivity contribution in [3.63, 3.8) is 0 Å². The van der Waals surface area contributed by atoms with Crippen LogP contribution in [0, 0.1) is 6.92 Å². The van der Waals surface area contributed by atoms with Crippen LogP contribution in [0.1, 0.15) is 36.2 Å². The first-order chi connectivity index (χ1) is 7.65. The normalized spacial score (nSPS) is 25.4. The number of carbonyl (C=O) groups is 1. The van der Waals surface area contributed by atoms with Gasteiger partial charge in [-0.05, 0) is 26.7 Å². The molecule has 1 aromatic heterocycles. The lowest BCUT2D eigenvalue weighted by Gasteiger charge is -2.27. The lowest BCUT2D eigenvalue weighted by atomic mass is 10.0. The molecule has 88 valence electrons. The predicted octanol–water partition coefficient (Wildman–Crippen LogP) is 0.410. The first-order valence-electron chi connectivity index (χ1n) is 5.46. The average Bonchev–Trinajstić information content (AvgIpc) is 2.65. The van der Waals surface area contributed by atoms with Gasteiger partial charge < -0.3 is 10.1 Å². The second-order valence-corrected chi connectivity index (χ2v) is 4.12. The molecule has 6 heteroatoms. The molecule has 1 fully saturated rings. The molecule has 2 heterocycles. The van der Waals surface area contributed by atoms with Gasteiger partial charge in [0.05, 0.1) is 6.10 Å². The van der Waals surface area contributed by atoms with Crippen LogP contribution in [0.25, 0.3) is 0 Å². The monoisotopic (exact) mass is 224 g/mol. The van der Waals surface area contributed by atoms with Crippen molar-refractivity contribution in [2.24, 2.45) is 0 Å². The van der Waals surface area contributed by atoms with E-state index in [9.17, 15) is 4.79 Å². The molecule has 6 nitrogen and oxygen atoms in total. The molecule has 0 spiro atoms. The number of nitrogens with zero attached hydrogens (tertiary/aromatic N) is 2. The van der Waals surface area contributed by atoms with Gasteiger partial charge >= 0.3 is 0 Å². The van der Waals surface area contributed by atoms with E-state index in [1.807, 2.05) is 6.92 Å². The molecule has 0 saturated carbocycles. The molecule has 1 aromatic rings. The Morgan fingerprint density at radius 3 is 3.06 bits per heavy atom. The highest BCUT2D eigenvalue weighted by atomic mass is 16.5. The number of rotatable bonds is 2. The molecule has 16 heavy (non-hydrogen) atoms. The standard InChI is InChI=1S/C10H16N4O2/c1-6-5-8(3-4-16-6)12-10(15)9-11-7(2)13-14-9/h6,8H,3-5H2,1-2H3,(H,12,15)(H,11,13,14). The molecule has 0 aromatic carbocycles. The smallest absolute Gasteiger partial charge is 0.291 e. The Morgan fingerprint density at radius 2 is 2.44 bits per heavy atom. The number of carbonyl (C=O) groups excluding carboxylic acids is 1. The molecular formula is C10H16N4O2. The number of hydrogen-bond donors (Lipinski definition) is 2. The molecule has 0 radical (unpaired) electrons. The maximum absolute atomic E-state index is 11.7. The number of ether oxygens (including phenoxy) is 1. The highest BCUT2D eigenvalue weighted by molar-refractivity contribution is 5.90.